The number of fused-ring (bicyclic) bond motifs is 5. The molecule has 0 aliphatic heterocycles. The standard InChI is InChI=1S/C23H28FNO3/c1-13-10-17-16-5-4-14-11-15(26)6-8-22(14,3)23(16,24)19(28)12-21(17,2)20(13)18(27)7-9-25/h6,8,11,13,16-17,19-20,28H,4-5,7,10,12H2,1-3H3. The number of allylic oxidation sites excluding steroid dienone is 4. The van der Waals surface area contributed by atoms with Crippen molar-refractivity contribution in [3.8, 4) is 6.07 Å². The van der Waals surface area contributed by atoms with Crippen LogP contribution >= 0.6 is 0 Å². The van der Waals surface area contributed by atoms with Gasteiger partial charge in [-0.05, 0) is 62.0 Å². The van der Waals surface area contributed by atoms with Crippen molar-refractivity contribution in [3.63, 3.8) is 0 Å². The van der Waals surface area contributed by atoms with Crippen molar-refractivity contribution in [2.24, 2.45) is 34.5 Å². The van der Waals surface area contributed by atoms with Crippen molar-refractivity contribution in [3.05, 3.63) is 23.8 Å². The minimum Gasteiger partial charge on any atom is -0.390 e. The molecule has 0 heterocycles. The van der Waals surface area contributed by atoms with E-state index in [0.29, 0.717) is 12.8 Å². The first-order valence-electron chi connectivity index (χ1n) is 10.3. The Morgan fingerprint density at radius 1 is 1.39 bits per heavy atom. The molecule has 0 amide bonds. The number of hydrogen-bond donors (Lipinski definition) is 1. The number of halogens is 1. The predicted molar refractivity (Wildman–Crippen MR) is 102 cm³/mol. The molecule has 1 N–H and O–H groups in total. The van der Waals surface area contributed by atoms with E-state index >= 15 is 4.39 Å². The smallest absolute Gasteiger partial charge is 0.178 e. The Hall–Kier alpha value is -1.80. The summed E-state index contributed by atoms with van der Waals surface area (Å²) in [5.74, 6) is -0.842. The van der Waals surface area contributed by atoms with Gasteiger partial charge in [0.15, 0.2) is 17.2 Å². The van der Waals surface area contributed by atoms with Crippen LogP contribution in [0.3, 0.4) is 0 Å². The van der Waals surface area contributed by atoms with Gasteiger partial charge in [0.05, 0.1) is 18.6 Å². The van der Waals surface area contributed by atoms with Gasteiger partial charge < -0.3 is 5.11 Å². The number of rotatable bonds is 2. The summed E-state index contributed by atoms with van der Waals surface area (Å²) in [6, 6.07) is 1.97. The molecule has 3 saturated carbocycles. The summed E-state index contributed by atoms with van der Waals surface area (Å²) in [5.41, 5.74) is -2.59. The third-order valence-electron chi connectivity index (χ3n) is 8.58. The second-order valence-electron chi connectivity index (χ2n) is 9.84. The van der Waals surface area contributed by atoms with Gasteiger partial charge in [0.1, 0.15) is 0 Å². The largest absolute Gasteiger partial charge is 0.390 e. The number of carbonyl (C=O) groups excluding carboxylic acids is 2. The molecule has 0 spiro atoms. The number of hydrogen-bond acceptors (Lipinski definition) is 4. The lowest BCUT2D eigenvalue weighted by atomic mass is 9.45. The van der Waals surface area contributed by atoms with Crippen molar-refractivity contribution in [1.82, 2.24) is 0 Å². The minimum atomic E-state index is -1.86. The second kappa shape index (κ2) is 6.10. The molecule has 0 radical (unpaired) electrons. The molecule has 4 rings (SSSR count). The highest BCUT2D eigenvalue weighted by Gasteiger charge is 2.71. The summed E-state index contributed by atoms with van der Waals surface area (Å²) < 4.78 is 16.9. The zero-order chi connectivity index (χ0) is 20.5. The molecule has 0 aromatic carbocycles. The van der Waals surface area contributed by atoms with Gasteiger partial charge in [0.25, 0.3) is 0 Å². The summed E-state index contributed by atoms with van der Waals surface area (Å²) >= 11 is 0. The Labute approximate surface area is 165 Å². The summed E-state index contributed by atoms with van der Waals surface area (Å²) in [5, 5.41) is 20.2. The van der Waals surface area contributed by atoms with Gasteiger partial charge in [0, 0.05) is 17.3 Å². The van der Waals surface area contributed by atoms with Crippen LogP contribution in [0.2, 0.25) is 0 Å². The highest BCUT2D eigenvalue weighted by Crippen LogP contribution is 2.69. The number of alkyl halides is 1. The maximum absolute atomic E-state index is 16.9. The van der Waals surface area contributed by atoms with E-state index in [9.17, 15) is 14.7 Å². The molecule has 28 heavy (non-hydrogen) atoms. The zero-order valence-electron chi connectivity index (χ0n) is 16.7. The Kier molecular flexibility index (Phi) is 4.25. The molecular formula is C23H28FNO3. The van der Waals surface area contributed by atoms with Gasteiger partial charge in [-0.15, -0.1) is 0 Å². The lowest BCUT2D eigenvalue weighted by molar-refractivity contribution is -0.195. The second-order valence-corrected chi connectivity index (χ2v) is 9.84. The van der Waals surface area contributed by atoms with Gasteiger partial charge >= 0.3 is 0 Å². The molecule has 0 saturated heterocycles. The SMILES string of the molecule is CC1CC2C3CCC4=CC(=O)C=CC4(C)C3(F)C(O)CC2(C)C1C(=O)CC#N. The number of carbonyl (C=O) groups is 2. The molecule has 0 aromatic rings. The number of ketones is 2. The monoisotopic (exact) mass is 385 g/mol. The lowest BCUT2D eigenvalue weighted by Crippen LogP contribution is -2.66. The Bertz CT molecular complexity index is 841. The maximum atomic E-state index is 16.9. The summed E-state index contributed by atoms with van der Waals surface area (Å²) in [7, 11) is 0. The van der Waals surface area contributed by atoms with Gasteiger partial charge in [0.2, 0.25) is 0 Å². The van der Waals surface area contributed by atoms with Crippen LogP contribution in [0.25, 0.3) is 0 Å². The van der Waals surface area contributed by atoms with Crippen LogP contribution in [-0.2, 0) is 9.59 Å². The van der Waals surface area contributed by atoms with Crippen LogP contribution in [0.4, 0.5) is 4.39 Å². The molecule has 3 fully saturated rings. The number of aliphatic hydroxyl groups excluding tert-OH is 1. The van der Waals surface area contributed by atoms with E-state index in [2.05, 4.69) is 0 Å². The molecule has 8 atom stereocenters. The topological polar surface area (TPSA) is 78.2 Å². The summed E-state index contributed by atoms with van der Waals surface area (Å²) in [6.07, 6.45) is 5.41. The van der Waals surface area contributed by atoms with E-state index in [1.165, 1.54) is 12.2 Å². The normalized spacial score (nSPS) is 49.5. The highest BCUT2D eigenvalue weighted by atomic mass is 19.1. The minimum absolute atomic E-state index is 0.0204. The molecule has 0 bridgehead atoms. The van der Waals surface area contributed by atoms with Crippen LogP contribution in [-0.4, -0.2) is 28.4 Å². The van der Waals surface area contributed by atoms with Gasteiger partial charge in [-0.2, -0.15) is 5.26 Å². The first-order chi connectivity index (χ1) is 13.1. The Morgan fingerprint density at radius 3 is 2.79 bits per heavy atom. The number of nitrogens with zero attached hydrogens (tertiary/aromatic N) is 1. The molecule has 150 valence electrons. The predicted octanol–water partition coefficient (Wildman–Crippen LogP) is 3.70. The molecule has 4 aliphatic carbocycles. The number of Topliss-reactive ketones (excluding diaryl/α,β-unsaturated/α-hetero) is 1. The average molecular weight is 385 g/mol. The lowest BCUT2D eigenvalue weighted by Gasteiger charge is -2.62. The van der Waals surface area contributed by atoms with E-state index in [1.807, 2.05) is 19.9 Å². The fraction of sp³-hybridized carbons (Fsp3) is 0.696. The van der Waals surface area contributed by atoms with Crippen molar-refractivity contribution in [2.75, 3.05) is 0 Å². The summed E-state index contributed by atoms with van der Waals surface area (Å²) in [6.45, 7) is 5.83. The molecule has 4 nitrogen and oxygen atoms in total. The fourth-order valence-electron chi connectivity index (χ4n) is 7.45. The van der Waals surface area contributed by atoms with E-state index < -0.39 is 22.6 Å². The molecule has 4 aliphatic rings. The first kappa shape index (κ1) is 19.5. The molecule has 5 heteroatoms. The van der Waals surface area contributed by atoms with Crippen molar-refractivity contribution < 1.29 is 19.1 Å². The van der Waals surface area contributed by atoms with Gasteiger partial charge in [-0.25, -0.2) is 4.39 Å². The van der Waals surface area contributed by atoms with E-state index in [-0.39, 0.29) is 48.1 Å². The third-order valence-corrected chi connectivity index (χ3v) is 8.58. The molecular weight excluding hydrogens is 357 g/mol. The Morgan fingerprint density at radius 2 is 2.11 bits per heavy atom. The van der Waals surface area contributed by atoms with Crippen LogP contribution in [0.5, 0.6) is 0 Å². The first-order valence-corrected chi connectivity index (χ1v) is 10.3. The van der Waals surface area contributed by atoms with Crippen LogP contribution in [0, 0.1) is 45.8 Å². The van der Waals surface area contributed by atoms with Crippen molar-refractivity contribution in [1.29, 1.82) is 5.26 Å². The number of nitriles is 1. The van der Waals surface area contributed by atoms with Crippen LogP contribution < -0.4 is 0 Å². The van der Waals surface area contributed by atoms with Crippen LogP contribution in [0.15, 0.2) is 23.8 Å². The molecule has 0 aromatic heterocycles. The van der Waals surface area contributed by atoms with E-state index in [0.717, 1.165) is 12.0 Å². The average Bonchev–Trinajstić information content (AvgIpc) is 2.87. The Balaban J connectivity index is 1.78. The molecule has 8 unspecified atom stereocenters. The highest BCUT2D eigenvalue weighted by molar-refractivity contribution is 6.01. The number of aliphatic hydroxyl groups is 1. The van der Waals surface area contributed by atoms with E-state index in [1.54, 1.807) is 13.0 Å². The van der Waals surface area contributed by atoms with Gasteiger partial charge in [-0.1, -0.05) is 25.5 Å². The maximum Gasteiger partial charge on any atom is 0.178 e. The fourth-order valence-corrected chi connectivity index (χ4v) is 7.45. The van der Waals surface area contributed by atoms with Crippen LogP contribution in [0.1, 0.15) is 52.9 Å². The van der Waals surface area contributed by atoms with Crippen molar-refractivity contribution in [2.45, 2.75) is 64.6 Å². The quantitative estimate of drug-likeness (QED) is 0.786. The van der Waals surface area contributed by atoms with Gasteiger partial charge in [-0.3, -0.25) is 9.59 Å². The summed E-state index contributed by atoms with van der Waals surface area (Å²) in [4.78, 5) is 24.6. The zero-order valence-corrected chi connectivity index (χ0v) is 16.7. The van der Waals surface area contributed by atoms with E-state index in [4.69, 9.17) is 5.26 Å². The van der Waals surface area contributed by atoms with Crippen molar-refractivity contribution >= 4 is 11.6 Å². The third kappa shape index (κ3) is 2.24.